The fraction of sp³-hybridized carbons (Fsp3) is 0.833. The van der Waals surface area contributed by atoms with Gasteiger partial charge >= 0.3 is 5.97 Å². The van der Waals surface area contributed by atoms with Gasteiger partial charge in [0.05, 0.1) is 17.5 Å². The van der Waals surface area contributed by atoms with Crippen molar-refractivity contribution in [1.82, 2.24) is 5.32 Å². The summed E-state index contributed by atoms with van der Waals surface area (Å²) in [4.78, 5) is 22.9. The Labute approximate surface area is 101 Å². The molecule has 1 amide bonds. The van der Waals surface area contributed by atoms with Crippen molar-refractivity contribution in [2.24, 2.45) is 5.73 Å². The molecule has 0 bridgehead atoms. The fourth-order valence-corrected chi connectivity index (χ4v) is 2.59. The van der Waals surface area contributed by atoms with E-state index in [-0.39, 0.29) is 12.3 Å². The van der Waals surface area contributed by atoms with Crippen LogP contribution in [0.2, 0.25) is 0 Å². The van der Waals surface area contributed by atoms with Gasteiger partial charge in [0.15, 0.2) is 0 Å². The van der Waals surface area contributed by atoms with Crippen LogP contribution in [0.3, 0.4) is 0 Å². The van der Waals surface area contributed by atoms with Crippen LogP contribution in [-0.2, 0) is 9.59 Å². The number of carbonyl (C=O) groups excluding carboxylic acids is 1. The average molecular weight is 240 g/mol. The number of nitrogens with one attached hydrogen (secondary N) is 1. The van der Waals surface area contributed by atoms with Crippen LogP contribution in [0.5, 0.6) is 0 Å². The molecule has 0 spiro atoms. The van der Waals surface area contributed by atoms with E-state index in [2.05, 4.69) is 5.32 Å². The van der Waals surface area contributed by atoms with Crippen LogP contribution in [0.15, 0.2) is 0 Å². The summed E-state index contributed by atoms with van der Waals surface area (Å²) >= 11 is 0. The second kappa shape index (κ2) is 4.29. The summed E-state index contributed by atoms with van der Waals surface area (Å²) in [5.74, 6) is -1.02. The molecule has 2 rings (SSSR count). The van der Waals surface area contributed by atoms with Crippen molar-refractivity contribution in [1.29, 1.82) is 0 Å². The molecule has 2 saturated carbocycles. The minimum Gasteiger partial charge on any atom is -0.481 e. The van der Waals surface area contributed by atoms with Gasteiger partial charge in [-0.2, -0.15) is 0 Å². The molecule has 0 aromatic rings. The second-order valence-corrected chi connectivity index (χ2v) is 5.52. The highest BCUT2D eigenvalue weighted by Crippen LogP contribution is 2.36. The number of carboxylic acid groups (broad SMARTS) is 1. The number of rotatable bonds is 4. The maximum atomic E-state index is 12.0. The van der Waals surface area contributed by atoms with Crippen molar-refractivity contribution >= 4 is 11.9 Å². The van der Waals surface area contributed by atoms with Gasteiger partial charge in [-0.1, -0.05) is 19.3 Å². The molecule has 2 fully saturated rings. The molecule has 0 heterocycles. The molecular formula is C12H20N2O3. The monoisotopic (exact) mass is 240 g/mol. The third-order valence-electron chi connectivity index (χ3n) is 3.92. The zero-order chi connectivity index (χ0) is 12.5. The van der Waals surface area contributed by atoms with Gasteiger partial charge < -0.3 is 16.2 Å². The second-order valence-electron chi connectivity index (χ2n) is 5.52. The molecule has 0 saturated heterocycles. The number of aliphatic carboxylic acids is 1. The maximum absolute atomic E-state index is 12.0. The molecule has 0 radical (unpaired) electrons. The van der Waals surface area contributed by atoms with Gasteiger partial charge in [-0.15, -0.1) is 0 Å². The van der Waals surface area contributed by atoms with Gasteiger partial charge in [-0.05, 0) is 25.7 Å². The Kier molecular flexibility index (Phi) is 3.12. The van der Waals surface area contributed by atoms with E-state index in [1.54, 1.807) is 0 Å². The van der Waals surface area contributed by atoms with Crippen LogP contribution in [-0.4, -0.2) is 28.1 Å². The van der Waals surface area contributed by atoms with E-state index in [0.717, 1.165) is 32.1 Å². The van der Waals surface area contributed by atoms with Crippen LogP contribution in [0.25, 0.3) is 0 Å². The third kappa shape index (κ3) is 2.77. The normalized spacial score (nSPS) is 25.0. The summed E-state index contributed by atoms with van der Waals surface area (Å²) in [5, 5.41) is 11.9. The van der Waals surface area contributed by atoms with E-state index in [1.165, 1.54) is 0 Å². The molecule has 0 atom stereocenters. The Morgan fingerprint density at radius 2 is 1.71 bits per heavy atom. The molecule has 0 aliphatic heterocycles. The Morgan fingerprint density at radius 3 is 2.18 bits per heavy atom. The van der Waals surface area contributed by atoms with Crippen LogP contribution in [0, 0.1) is 0 Å². The lowest BCUT2D eigenvalue weighted by atomic mass is 9.79. The Bertz CT molecular complexity index is 331. The standard InChI is InChI=1S/C12H20N2O3/c13-12(6-7-12)10(17)14-11(8-9(15)16)4-2-1-3-5-11/h1-8,13H2,(H,14,17)(H,15,16). The summed E-state index contributed by atoms with van der Waals surface area (Å²) in [6.07, 6.45) is 6.00. The molecule has 2 aliphatic rings. The van der Waals surface area contributed by atoms with Crippen LogP contribution in [0.1, 0.15) is 51.4 Å². The lowest BCUT2D eigenvalue weighted by Gasteiger charge is -2.37. The molecule has 5 nitrogen and oxygen atoms in total. The zero-order valence-electron chi connectivity index (χ0n) is 10.00. The highest BCUT2D eigenvalue weighted by molar-refractivity contribution is 5.90. The summed E-state index contributed by atoms with van der Waals surface area (Å²) in [6, 6.07) is 0. The first-order chi connectivity index (χ1) is 7.96. The van der Waals surface area contributed by atoms with Gasteiger partial charge in [-0.3, -0.25) is 9.59 Å². The number of amides is 1. The Hall–Kier alpha value is -1.10. The van der Waals surface area contributed by atoms with Crippen LogP contribution < -0.4 is 11.1 Å². The van der Waals surface area contributed by atoms with Crippen molar-refractivity contribution in [3.63, 3.8) is 0 Å². The lowest BCUT2D eigenvalue weighted by Crippen LogP contribution is -2.56. The van der Waals surface area contributed by atoms with Crippen LogP contribution >= 0.6 is 0 Å². The molecule has 2 aliphatic carbocycles. The van der Waals surface area contributed by atoms with Gasteiger partial charge in [0.2, 0.25) is 5.91 Å². The molecular weight excluding hydrogens is 220 g/mol. The lowest BCUT2D eigenvalue weighted by molar-refractivity contribution is -0.139. The van der Waals surface area contributed by atoms with E-state index < -0.39 is 17.0 Å². The molecule has 0 aromatic carbocycles. The summed E-state index contributed by atoms with van der Waals surface area (Å²) in [7, 11) is 0. The topological polar surface area (TPSA) is 92.4 Å². The van der Waals surface area contributed by atoms with Gasteiger partial charge in [0, 0.05) is 0 Å². The van der Waals surface area contributed by atoms with E-state index in [1.807, 2.05) is 0 Å². The largest absolute Gasteiger partial charge is 0.481 e. The number of nitrogens with two attached hydrogens (primary N) is 1. The summed E-state index contributed by atoms with van der Waals surface area (Å²) < 4.78 is 0. The summed E-state index contributed by atoms with van der Waals surface area (Å²) in [6.45, 7) is 0. The fourth-order valence-electron chi connectivity index (χ4n) is 2.59. The number of carboxylic acids is 1. The predicted molar refractivity (Wildman–Crippen MR) is 62.4 cm³/mol. The summed E-state index contributed by atoms with van der Waals surface area (Å²) in [5.41, 5.74) is 4.56. The van der Waals surface area contributed by atoms with E-state index in [0.29, 0.717) is 12.8 Å². The minimum atomic E-state index is -0.853. The molecule has 96 valence electrons. The zero-order valence-corrected chi connectivity index (χ0v) is 10.00. The van der Waals surface area contributed by atoms with Crippen molar-refractivity contribution in [3.05, 3.63) is 0 Å². The molecule has 0 unspecified atom stereocenters. The first-order valence-electron chi connectivity index (χ1n) is 6.29. The number of hydrogen-bond acceptors (Lipinski definition) is 3. The predicted octanol–water partition coefficient (Wildman–Crippen LogP) is 0.771. The van der Waals surface area contributed by atoms with Gasteiger partial charge in [0.1, 0.15) is 0 Å². The first kappa shape index (κ1) is 12.4. The molecule has 0 aromatic heterocycles. The number of hydrogen-bond donors (Lipinski definition) is 3. The van der Waals surface area contributed by atoms with E-state index in [4.69, 9.17) is 10.8 Å². The van der Waals surface area contributed by atoms with Crippen LogP contribution in [0.4, 0.5) is 0 Å². The number of carbonyl (C=O) groups is 2. The molecule has 17 heavy (non-hydrogen) atoms. The van der Waals surface area contributed by atoms with Crippen molar-refractivity contribution in [2.45, 2.75) is 62.4 Å². The SMILES string of the molecule is NC1(C(=O)NC2(CC(=O)O)CCCCC2)CC1. The van der Waals surface area contributed by atoms with Crippen molar-refractivity contribution < 1.29 is 14.7 Å². The minimum absolute atomic E-state index is 0.00875. The Balaban J connectivity index is 2.04. The van der Waals surface area contributed by atoms with Gasteiger partial charge in [0.25, 0.3) is 0 Å². The molecule has 5 heteroatoms. The smallest absolute Gasteiger partial charge is 0.305 e. The van der Waals surface area contributed by atoms with Crippen molar-refractivity contribution in [2.75, 3.05) is 0 Å². The van der Waals surface area contributed by atoms with E-state index >= 15 is 0 Å². The average Bonchev–Trinajstić information content (AvgIpc) is 2.97. The first-order valence-corrected chi connectivity index (χ1v) is 6.29. The van der Waals surface area contributed by atoms with E-state index in [9.17, 15) is 9.59 Å². The Morgan fingerprint density at radius 1 is 1.12 bits per heavy atom. The third-order valence-corrected chi connectivity index (χ3v) is 3.92. The highest BCUT2D eigenvalue weighted by atomic mass is 16.4. The molecule has 4 N–H and O–H groups in total. The quantitative estimate of drug-likeness (QED) is 0.676. The maximum Gasteiger partial charge on any atom is 0.305 e. The van der Waals surface area contributed by atoms with Crippen molar-refractivity contribution in [3.8, 4) is 0 Å². The van der Waals surface area contributed by atoms with Gasteiger partial charge in [-0.25, -0.2) is 0 Å². The highest BCUT2D eigenvalue weighted by Gasteiger charge is 2.49.